The van der Waals surface area contributed by atoms with Gasteiger partial charge in [-0.05, 0) is 24.3 Å². The minimum Gasteiger partial charge on any atom is -0.315 e. The highest BCUT2D eigenvalue weighted by molar-refractivity contribution is 6.29. The third kappa shape index (κ3) is 3.62. The van der Waals surface area contributed by atoms with Crippen LogP contribution in [0.1, 0.15) is 5.56 Å². The fourth-order valence-electron chi connectivity index (χ4n) is 1.29. The van der Waals surface area contributed by atoms with Crippen molar-refractivity contribution in [3.05, 3.63) is 59.4 Å². The standard InChI is InChI=1S/C14H9ClN2O/c15-13-10-12(8-9-16-13)17-14(18)7-6-11-4-2-1-3-5-11/h1-5,8-10H,(H,16,17,18). The minimum absolute atomic E-state index is 0.323. The molecule has 0 radical (unpaired) electrons. The van der Waals surface area contributed by atoms with Crippen LogP contribution in [0.15, 0.2) is 48.7 Å². The third-order valence-corrected chi connectivity index (χ3v) is 2.29. The summed E-state index contributed by atoms with van der Waals surface area (Å²) in [6.45, 7) is 0. The Kier molecular flexibility index (Phi) is 3.95. The molecule has 1 N–H and O–H groups in total. The molecule has 18 heavy (non-hydrogen) atoms. The van der Waals surface area contributed by atoms with Crippen molar-refractivity contribution in [3.63, 3.8) is 0 Å². The first kappa shape index (κ1) is 12.2. The van der Waals surface area contributed by atoms with E-state index < -0.39 is 0 Å². The quantitative estimate of drug-likeness (QED) is 0.630. The molecule has 0 saturated carbocycles. The molecular weight excluding hydrogens is 248 g/mol. The topological polar surface area (TPSA) is 42.0 Å². The lowest BCUT2D eigenvalue weighted by Crippen LogP contribution is -2.08. The summed E-state index contributed by atoms with van der Waals surface area (Å²) in [5, 5.41) is 2.94. The van der Waals surface area contributed by atoms with Crippen LogP contribution in [-0.2, 0) is 4.79 Å². The van der Waals surface area contributed by atoms with Crippen molar-refractivity contribution in [3.8, 4) is 11.8 Å². The molecule has 0 aliphatic heterocycles. The largest absolute Gasteiger partial charge is 0.315 e. The van der Waals surface area contributed by atoms with E-state index in [9.17, 15) is 4.79 Å². The van der Waals surface area contributed by atoms with Gasteiger partial charge in [0.1, 0.15) is 5.15 Å². The van der Waals surface area contributed by atoms with E-state index in [-0.39, 0.29) is 5.91 Å². The molecule has 88 valence electrons. The van der Waals surface area contributed by atoms with Crippen molar-refractivity contribution in [1.29, 1.82) is 0 Å². The van der Waals surface area contributed by atoms with E-state index in [4.69, 9.17) is 11.6 Å². The molecule has 0 unspecified atom stereocenters. The molecule has 1 amide bonds. The molecular formula is C14H9ClN2O. The SMILES string of the molecule is O=C(C#Cc1ccccc1)Nc1ccnc(Cl)c1. The molecule has 0 aliphatic carbocycles. The van der Waals surface area contributed by atoms with E-state index in [1.165, 1.54) is 6.20 Å². The van der Waals surface area contributed by atoms with Gasteiger partial charge in [0.05, 0.1) is 0 Å². The molecule has 2 aromatic rings. The van der Waals surface area contributed by atoms with E-state index >= 15 is 0 Å². The van der Waals surface area contributed by atoms with Crippen molar-refractivity contribution >= 4 is 23.2 Å². The Morgan fingerprint density at radius 3 is 2.72 bits per heavy atom. The average molecular weight is 257 g/mol. The fraction of sp³-hybridized carbons (Fsp3) is 0. The van der Waals surface area contributed by atoms with Crippen LogP contribution in [0.25, 0.3) is 0 Å². The van der Waals surface area contributed by atoms with Crippen LogP contribution in [0.5, 0.6) is 0 Å². The second-order valence-electron chi connectivity index (χ2n) is 3.44. The molecule has 0 fully saturated rings. The number of rotatable bonds is 1. The molecule has 0 saturated heterocycles. The zero-order chi connectivity index (χ0) is 12.8. The van der Waals surface area contributed by atoms with Crippen molar-refractivity contribution in [2.24, 2.45) is 0 Å². The number of pyridine rings is 1. The first-order chi connectivity index (χ1) is 8.74. The number of amides is 1. The monoisotopic (exact) mass is 256 g/mol. The first-order valence-corrected chi connectivity index (χ1v) is 5.61. The van der Waals surface area contributed by atoms with Gasteiger partial charge in [-0.2, -0.15) is 0 Å². The summed E-state index contributed by atoms with van der Waals surface area (Å²) in [5.41, 5.74) is 1.36. The zero-order valence-corrected chi connectivity index (χ0v) is 10.1. The number of halogens is 1. The Morgan fingerprint density at radius 2 is 2.00 bits per heavy atom. The maximum absolute atomic E-state index is 11.5. The van der Waals surface area contributed by atoms with E-state index in [1.807, 2.05) is 30.3 Å². The van der Waals surface area contributed by atoms with Gasteiger partial charge in [0, 0.05) is 23.4 Å². The maximum Gasteiger partial charge on any atom is 0.300 e. The van der Waals surface area contributed by atoms with Crippen LogP contribution in [0.3, 0.4) is 0 Å². The van der Waals surface area contributed by atoms with E-state index in [0.29, 0.717) is 10.8 Å². The maximum atomic E-state index is 11.5. The minimum atomic E-state index is -0.388. The van der Waals surface area contributed by atoms with Gasteiger partial charge in [0.15, 0.2) is 0 Å². The van der Waals surface area contributed by atoms with Gasteiger partial charge in [-0.1, -0.05) is 35.7 Å². The highest BCUT2D eigenvalue weighted by Crippen LogP contribution is 2.11. The summed E-state index contributed by atoms with van der Waals surface area (Å²) < 4.78 is 0. The van der Waals surface area contributed by atoms with Crippen LogP contribution in [0.2, 0.25) is 5.15 Å². The summed E-state index contributed by atoms with van der Waals surface area (Å²) >= 11 is 5.70. The highest BCUT2D eigenvalue weighted by Gasteiger charge is 1.98. The molecule has 0 atom stereocenters. The number of hydrogen-bond acceptors (Lipinski definition) is 2. The number of aromatic nitrogens is 1. The van der Waals surface area contributed by atoms with Crippen molar-refractivity contribution in [2.45, 2.75) is 0 Å². The Bertz CT molecular complexity index is 614. The summed E-state index contributed by atoms with van der Waals surface area (Å²) in [4.78, 5) is 15.4. The number of nitrogens with one attached hydrogen (secondary N) is 1. The van der Waals surface area contributed by atoms with Crippen LogP contribution in [0.4, 0.5) is 5.69 Å². The molecule has 2 rings (SSSR count). The Hall–Kier alpha value is -2.31. The normalized spacial score (nSPS) is 9.17. The van der Waals surface area contributed by atoms with Crippen molar-refractivity contribution < 1.29 is 4.79 Å². The summed E-state index contributed by atoms with van der Waals surface area (Å²) in [6.07, 6.45) is 1.52. The second-order valence-corrected chi connectivity index (χ2v) is 3.82. The van der Waals surface area contributed by atoms with Gasteiger partial charge < -0.3 is 5.32 Å². The lowest BCUT2D eigenvalue weighted by molar-refractivity contribution is -0.111. The van der Waals surface area contributed by atoms with Gasteiger partial charge in [0.25, 0.3) is 0 Å². The van der Waals surface area contributed by atoms with Gasteiger partial charge in [-0.3, -0.25) is 4.79 Å². The summed E-state index contributed by atoms with van der Waals surface area (Å²) in [6, 6.07) is 12.5. The molecule has 4 heteroatoms. The highest BCUT2D eigenvalue weighted by atomic mass is 35.5. The van der Waals surface area contributed by atoms with Gasteiger partial charge in [-0.15, -0.1) is 0 Å². The zero-order valence-electron chi connectivity index (χ0n) is 9.35. The number of hydrogen-bond donors (Lipinski definition) is 1. The fourth-order valence-corrected chi connectivity index (χ4v) is 1.47. The van der Waals surface area contributed by atoms with Gasteiger partial charge in [-0.25, -0.2) is 4.98 Å². The van der Waals surface area contributed by atoms with Crippen LogP contribution in [0, 0.1) is 11.8 Å². The van der Waals surface area contributed by atoms with Crippen LogP contribution >= 0.6 is 11.6 Å². The average Bonchev–Trinajstić information content (AvgIpc) is 2.38. The molecule has 1 heterocycles. The molecule has 1 aromatic heterocycles. The molecule has 0 bridgehead atoms. The van der Waals surface area contributed by atoms with E-state index in [0.717, 1.165) is 5.56 Å². The summed E-state index contributed by atoms with van der Waals surface area (Å²) in [7, 11) is 0. The number of benzene rings is 1. The predicted octanol–water partition coefficient (Wildman–Crippen LogP) is 2.73. The number of nitrogens with zero attached hydrogens (tertiary/aromatic N) is 1. The first-order valence-electron chi connectivity index (χ1n) is 5.23. The Labute approximate surface area is 110 Å². The van der Waals surface area contributed by atoms with Crippen LogP contribution < -0.4 is 5.32 Å². The number of anilines is 1. The molecule has 1 aromatic carbocycles. The van der Waals surface area contributed by atoms with Crippen LogP contribution in [-0.4, -0.2) is 10.9 Å². The predicted molar refractivity (Wildman–Crippen MR) is 71.2 cm³/mol. The van der Waals surface area contributed by atoms with Gasteiger partial charge >= 0.3 is 5.91 Å². The lowest BCUT2D eigenvalue weighted by Gasteiger charge is -1.99. The Morgan fingerprint density at radius 1 is 1.22 bits per heavy atom. The van der Waals surface area contributed by atoms with E-state index in [1.54, 1.807) is 12.1 Å². The molecule has 0 spiro atoms. The third-order valence-electron chi connectivity index (χ3n) is 2.08. The Balaban J connectivity index is 2.04. The smallest absolute Gasteiger partial charge is 0.300 e. The van der Waals surface area contributed by atoms with Crippen molar-refractivity contribution in [1.82, 2.24) is 4.98 Å². The van der Waals surface area contributed by atoms with Crippen molar-refractivity contribution in [2.75, 3.05) is 5.32 Å². The molecule has 0 aliphatic rings. The van der Waals surface area contributed by atoms with E-state index in [2.05, 4.69) is 22.1 Å². The lowest BCUT2D eigenvalue weighted by atomic mass is 10.2. The second kappa shape index (κ2) is 5.85. The van der Waals surface area contributed by atoms with Gasteiger partial charge in [0.2, 0.25) is 0 Å². The number of carbonyl (C=O) groups excluding carboxylic acids is 1. The number of carbonyl (C=O) groups is 1. The summed E-state index contributed by atoms with van der Waals surface area (Å²) in [5.74, 6) is 4.88. The molecule has 3 nitrogen and oxygen atoms in total.